The van der Waals surface area contributed by atoms with Crippen LogP contribution in [0.15, 0.2) is 24.3 Å². The molecule has 6 heteroatoms. The molecule has 0 radical (unpaired) electrons. The number of hydrogen-bond donors (Lipinski definition) is 0. The van der Waals surface area contributed by atoms with E-state index in [1.807, 2.05) is 0 Å². The molecule has 0 saturated heterocycles. The lowest BCUT2D eigenvalue weighted by Crippen LogP contribution is -2.15. The summed E-state index contributed by atoms with van der Waals surface area (Å²) in [6.45, 7) is 1.68. The molecule has 0 amide bonds. The highest BCUT2D eigenvalue weighted by Gasteiger charge is 2.16. The van der Waals surface area contributed by atoms with Crippen molar-refractivity contribution in [3.8, 4) is 0 Å². The minimum absolute atomic E-state index is 0.103. The summed E-state index contributed by atoms with van der Waals surface area (Å²) in [5, 5.41) is 0.103. The Kier molecular flexibility index (Phi) is 3.76. The van der Waals surface area contributed by atoms with Crippen molar-refractivity contribution in [1.29, 1.82) is 0 Å². The lowest BCUT2D eigenvalue weighted by Gasteiger charge is -2.20. The van der Waals surface area contributed by atoms with Gasteiger partial charge in [0.05, 0.1) is 5.56 Å². The number of halogens is 2. The molecule has 0 bridgehead atoms. The topological polar surface area (TPSA) is 46.1 Å². The van der Waals surface area contributed by atoms with E-state index in [0.717, 1.165) is 0 Å². The van der Waals surface area contributed by atoms with Gasteiger partial charge in [-0.1, -0.05) is 11.6 Å². The maximum Gasteiger partial charge on any atom is 0.156 e. The molecule has 19 heavy (non-hydrogen) atoms. The molecule has 2 rings (SSSR count). The standard InChI is InChI=1S/C13H11ClFN3O/c1-8-16-12(14)11(7-19)13(17-8)18(2)10-5-3-9(15)4-6-10/h3-7H,1-2H3. The van der Waals surface area contributed by atoms with Gasteiger partial charge in [-0.25, -0.2) is 14.4 Å². The largest absolute Gasteiger partial charge is 0.329 e. The zero-order valence-electron chi connectivity index (χ0n) is 10.4. The number of anilines is 2. The first-order valence-corrected chi connectivity index (χ1v) is 5.89. The molecular formula is C13H11ClFN3O. The molecule has 4 nitrogen and oxygen atoms in total. The van der Waals surface area contributed by atoms with E-state index in [9.17, 15) is 9.18 Å². The molecule has 98 valence electrons. The first-order chi connectivity index (χ1) is 9.02. The molecular weight excluding hydrogens is 269 g/mol. The fourth-order valence-corrected chi connectivity index (χ4v) is 1.93. The quantitative estimate of drug-likeness (QED) is 0.639. The van der Waals surface area contributed by atoms with Crippen molar-refractivity contribution in [3.05, 3.63) is 46.6 Å². The van der Waals surface area contributed by atoms with E-state index in [0.29, 0.717) is 23.6 Å². The van der Waals surface area contributed by atoms with Crippen LogP contribution in [0, 0.1) is 12.7 Å². The number of carbonyl (C=O) groups is 1. The van der Waals surface area contributed by atoms with Crippen molar-refractivity contribution in [2.75, 3.05) is 11.9 Å². The van der Waals surface area contributed by atoms with Crippen molar-refractivity contribution in [3.63, 3.8) is 0 Å². The molecule has 0 aliphatic heterocycles. The van der Waals surface area contributed by atoms with Crippen molar-refractivity contribution >= 4 is 29.4 Å². The zero-order chi connectivity index (χ0) is 14.0. The smallest absolute Gasteiger partial charge is 0.156 e. The van der Waals surface area contributed by atoms with Crippen LogP contribution in [0.2, 0.25) is 5.15 Å². The fourth-order valence-electron chi connectivity index (χ4n) is 1.68. The molecule has 0 aliphatic rings. The van der Waals surface area contributed by atoms with Crippen LogP contribution in [0.3, 0.4) is 0 Å². The third kappa shape index (κ3) is 2.71. The second kappa shape index (κ2) is 5.32. The van der Waals surface area contributed by atoms with Crippen LogP contribution in [0.25, 0.3) is 0 Å². The Morgan fingerprint density at radius 1 is 1.26 bits per heavy atom. The summed E-state index contributed by atoms with van der Waals surface area (Å²) in [7, 11) is 1.72. The van der Waals surface area contributed by atoms with E-state index < -0.39 is 0 Å². The molecule has 2 aromatic rings. The zero-order valence-corrected chi connectivity index (χ0v) is 11.1. The molecule has 1 aromatic heterocycles. The Hall–Kier alpha value is -2.01. The van der Waals surface area contributed by atoms with E-state index in [2.05, 4.69) is 9.97 Å². The first kappa shape index (κ1) is 13.4. The average molecular weight is 280 g/mol. The van der Waals surface area contributed by atoms with Crippen LogP contribution in [-0.2, 0) is 0 Å². The van der Waals surface area contributed by atoms with Gasteiger partial charge in [0.1, 0.15) is 22.6 Å². The molecule has 0 unspecified atom stereocenters. The maximum absolute atomic E-state index is 12.9. The van der Waals surface area contributed by atoms with Crippen LogP contribution >= 0.6 is 11.6 Å². The summed E-state index contributed by atoms with van der Waals surface area (Å²) in [6, 6.07) is 5.86. The van der Waals surface area contributed by atoms with Gasteiger partial charge in [0, 0.05) is 12.7 Å². The molecule has 0 saturated carbocycles. The summed E-state index contributed by atoms with van der Waals surface area (Å²) < 4.78 is 12.9. The molecule has 0 atom stereocenters. The summed E-state index contributed by atoms with van der Waals surface area (Å²) in [4.78, 5) is 20.9. The highest BCUT2D eigenvalue weighted by molar-refractivity contribution is 6.32. The first-order valence-electron chi connectivity index (χ1n) is 5.51. The molecule has 0 aliphatic carbocycles. The summed E-state index contributed by atoms with van der Waals surface area (Å²) >= 11 is 5.92. The number of benzene rings is 1. The number of hydrogen-bond acceptors (Lipinski definition) is 4. The summed E-state index contributed by atoms with van der Waals surface area (Å²) in [5.74, 6) is 0.517. The van der Waals surface area contributed by atoms with E-state index in [1.165, 1.54) is 12.1 Å². The van der Waals surface area contributed by atoms with Gasteiger partial charge in [0.15, 0.2) is 6.29 Å². The SMILES string of the molecule is Cc1nc(Cl)c(C=O)c(N(C)c2ccc(F)cc2)n1. The number of aromatic nitrogens is 2. The highest BCUT2D eigenvalue weighted by atomic mass is 35.5. The Labute approximate surface area is 114 Å². The van der Waals surface area contributed by atoms with E-state index in [4.69, 9.17) is 11.6 Å². The van der Waals surface area contributed by atoms with Gasteiger partial charge in [0.2, 0.25) is 0 Å². The van der Waals surface area contributed by atoms with Crippen LogP contribution in [0.5, 0.6) is 0 Å². The normalized spacial score (nSPS) is 10.3. The van der Waals surface area contributed by atoms with Crippen LogP contribution in [-0.4, -0.2) is 23.3 Å². The van der Waals surface area contributed by atoms with Gasteiger partial charge in [0.25, 0.3) is 0 Å². The van der Waals surface area contributed by atoms with E-state index in [-0.39, 0.29) is 16.5 Å². The second-order valence-electron chi connectivity index (χ2n) is 3.95. The van der Waals surface area contributed by atoms with Crippen molar-refractivity contribution in [1.82, 2.24) is 9.97 Å². The van der Waals surface area contributed by atoms with Gasteiger partial charge in [-0.2, -0.15) is 0 Å². The molecule has 1 heterocycles. The minimum atomic E-state index is -0.329. The average Bonchev–Trinajstić information content (AvgIpc) is 2.38. The summed E-state index contributed by atoms with van der Waals surface area (Å²) in [6.07, 6.45) is 0.608. The van der Waals surface area contributed by atoms with E-state index in [1.54, 1.807) is 31.0 Å². The van der Waals surface area contributed by atoms with Gasteiger partial charge in [-0.15, -0.1) is 0 Å². The van der Waals surface area contributed by atoms with Crippen LogP contribution < -0.4 is 4.90 Å². The fraction of sp³-hybridized carbons (Fsp3) is 0.154. The molecule has 0 fully saturated rings. The van der Waals surface area contributed by atoms with Crippen LogP contribution in [0.1, 0.15) is 16.2 Å². The number of carbonyl (C=O) groups excluding carboxylic acids is 1. The number of aryl methyl sites for hydroxylation is 1. The maximum atomic E-state index is 12.9. The van der Waals surface area contributed by atoms with Gasteiger partial charge >= 0.3 is 0 Å². The van der Waals surface area contributed by atoms with Crippen molar-refractivity contribution in [2.24, 2.45) is 0 Å². The predicted octanol–water partition coefficient (Wildman–Crippen LogP) is 3.16. The Morgan fingerprint density at radius 2 is 1.89 bits per heavy atom. The monoisotopic (exact) mass is 279 g/mol. The third-order valence-electron chi connectivity index (χ3n) is 2.64. The second-order valence-corrected chi connectivity index (χ2v) is 4.31. The van der Waals surface area contributed by atoms with Gasteiger partial charge < -0.3 is 4.90 Å². The van der Waals surface area contributed by atoms with E-state index >= 15 is 0 Å². The number of aldehydes is 1. The van der Waals surface area contributed by atoms with Crippen molar-refractivity contribution < 1.29 is 9.18 Å². The van der Waals surface area contributed by atoms with Crippen molar-refractivity contribution in [2.45, 2.75) is 6.92 Å². The predicted molar refractivity (Wildman–Crippen MR) is 71.6 cm³/mol. The highest BCUT2D eigenvalue weighted by Crippen LogP contribution is 2.27. The Bertz CT molecular complexity index is 616. The number of rotatable bonds is 3. The third-order valence-corrected chi connectivity index (χ3v) is 2.93. The minimum Gasteiger partial charge on any atom is -0.329 e. The molecule has 1 aromatic carbocycles. The lowest BCUT2D eigenvalue weighted by atomic mass is 10.2. The Balaban J connectivity index is 2.51. The molecule has 0 N–H and O–H groups in total. The lowest BCUT2D eigenvalue weighted by molar-refractivity contribution is 0.112. The van der Waals surface area contributed by atoms with Gasteiger partial charge in [-0.3, -0.25) is 4.79 Å². The van der Waals surface area contributed by atoms with Crippen LogP contribution in [0.4, 0.5) is 15.9 Å². The molecule has 0 spiro atoms. The van der Waals surface area contributed by atoms with Gasteiger partial charge in [-0.05, 0) is 31.2 Å². The Morgan fingerprint density at radius 3 is 2.47 bits per heavy atom. The summed E-state index contributed by atoms with van der Waals surface area (Å²) in [5.41, 5.74) is 0.901. The number of nitrogens with zero attached hydrogens (tertiary/aromatic N) is 3.